The summed E-state index contributed by atoms with van der Waals surface area (Å²) >= 11 is 0. The second-order valence-electron chi connectivity index (χ2n) is 6.01. The summed E-state index contributed by atoms with van der Waals surface area (Å²) in [5.74, 6) is -1.87. The normalized spacial score (nSPS) is 25.2. The minimum Gasteiger partial charge on any atom is -0.459 e. The van der Waals surface area contributed by atoms with Crippen LogP contribution in [0.25, 0.3) is 0 Å². The molecule has 2 unspecified atom stereocenters. The Bertz CT molecular complexity index is 310. The Labute approximate surface area is 111 Å². The van der Waals surface area contributed by atoms with Crippen molar-refractivity contribution in [1.82, 2.24) is 5.32 Å². The van der Waals surface area contributed by atoms with Gasteiger partial charge in [0.1, 0.15) is 5.60 Å². The van der Waals surface area contributed by atoms with Gasteiger partial charge in [-0.2, -0.15) is 13.2 Å². The Morgan fingerprint density at radius 2 is 1.79 bits per heavy atom. The van der Waals surface area contributed by atoms with Crippen molar-refractivity contribution in [3.05, 3.63) is 0 Å². The Kier molecular flexibility index (Phi) is 5.24. The molecule has 0 heterocycles. The van der Waals surface area contributed by atoms with Crippen LogP contribution in [0.4, 0.5) is 13.2 Å². The number of esters is 1. The van der Waals surface area contributed by atoms with Gasteiger partial charge in [-0.15, -0.1) is 0 Å². The maximum absolute atomic E-state index is 12.8. The van der Waals surface area contributed by atoms with Gasteiger partial charge in [-0.3, -0.25) is 4.79 Å². The molecule has 1 aliphatic carbocycles. The number of halogens is 3. The summed E-state index contributed by atoms with van der Waals surface area (Å²) in [5, 5.41) is 2.71. The number of carbonyl (C=O) groups is 1. The van der Waals surface area contributed by atoms with Crippen molar-refractivity contribution < 1.29 is 22.7 Å². The van der Waals surface area contributed by atoms with Crippen LogP contribution in [-0.4, -0.2) is 30.3 Å². The average molecular weight is 281 g/mol. The zero-order chi connectivity index (χ0) is 14.7. The van der Waals surface area contributed by atoms with Gasteiger partial charge >= 0.3 is 12.1 Å². The van der Waals surface area contributed by atoms with Gasteiger partial charge in [-0.25, -0.2) is 0 Å². The highest BCUT2D eigenvalue weighted by Crippen LogP contribution is 2.37. The molecule has 112 valence electrons. The second-order valence-corrected chi connectivity index (χ2v) is 6.01. The fraction of sp³-hybridized carbons (Fsp3) is 0.923. The number of carbonyl (C=O) groups excluding carboxylic acids is 1. The highest BCUT2D eigenvalue weighted by atomic mass is 19.4. The third-order valence-corrected chi connectivity index (χ3v) is 3.12. The molecule has 0 amide bonds. The number of hydrogen-bond acceptors (Lipinski definition) is 3. The van der Waals surface area contributed by atoms with Crippen LogP contribution >= 0.6 is 0 Å². The molecule has 6 heteroatoms. The van der Waals surface area contributed by atoms with E-state index in [0.717, 1.165) is 6.42 Å². The third kappa shape index (κ3) is 5.80. The molecule has 19 heavy (non-hydrogen) atoms. The van der Waals surface area contributed by atoms with E-state index >= 15 is 0 Å². The van der Waals surface area contributed by atoms with Crippen LogP contribution in [0.1, 0.15) is 46.5 Å². The molecule has 2 atom stereocenters. The minimum absolute atomic E-state index is 0.134. The SMILES string of the molecule is CC(C)(C)OC(=O)CNC1CCCCC1C(F)(F)F. The minimum atomic E-state index is -4.20. The van der Waals surface area contributed by atoms with Gasteiger partial charge in [0.05, 0.1) is 12.5 Å². The van der Waals surface area contributed by atoms with E-state index in [1.54, 1.807) is 20.8 Å². The standard InChI is InChI=1S/C13H22F3NO2/c1-12(2,3)19-11(18)8-17-10-7-5-4-6-9(10)13(14,15)16/h9-10,17H,4-8H2,1-3H3. The summed E-state index contributed by atoms with van der Waals surface area (Å²) in [7, 11) is 0. The van der Waals surface area contributed by atoms with Crippen molar-refractivity contribution in [1.29, 1.82) is 0 Å². The molecule has 0 radical (unpaired) electrons. The van der Waals surface area contributed by atoms with Gasteiger partial charge in [0.25, 0.3) is 0 Å². The molecule has 1 saturated carbocycles. The average Bonchev–Trinajstić information content (AvgIpc) is 2.23. The van der Waals surface area contributed by atoms with Crippen molar-refractivity contribution in [2.75, 3.05) is 6.54 Å². The molecule has 1 fully saturated rings. The predicted octanol–water partition coefficient (Wildman–Crippen LogP) is 3.04. The van der Waals surface area contributed by atoms with E-state index in [1.165, 1.54) is 0 Å². The summed E-state index contributed by atoms with van der Waals surface area (Å²) in [6, 6.07) is -0.679. The van der Waals surface area contributed by atoms with Crippen molar-refractivity contribution in [2.24, 2.45) is 5.92 Å². The van der Waals surface area contributed by atoms with Gasteiger partial charge < -0.3 is 10.1 Å². The molecule has 1 N–H and O–H groups in total. The van der Waals surface area contributed by atoms with Crippen LogP contribution in [0, 0.1) is 5.92 Å². The topological polar surface area (TPSA) is 38.3 Å². The lowest BCUT2D eigenvalue weighted by atomic mass is 9.84. The Morgan fingerprint density at radius 3 is 2.32 bits per heavy atom. The Hall–Kier alpha value is -0.780. The quantitative estimate of drug-likeness (QED) is 0.808. The van der Waals surface area contributed by atoms with Crippen molar-refractivity contribution in [3.8, 4) is 0 Å². The van der Waals surface area contributed by atoms with Crippen molar-refractivity contribution in [3.63, 3.8) is 0 Å². The summed E-state index contributed by atoms with van der Waals surface area (Å²) in [6.45, 7) is 5.01. The molecule has 0 aliphatic heterocycles. The van der Waals surface area contributed by atoms with E-state index < -0.39 is 29.7 Å². The van der Waals surface area contributed by atoms with E-state index in [1.807, 2.05) is 0 Å². The van der Waals surface area contributed by atoms with Gasteiger partial charge in [0.2, 0.25) is 0 Å². The van der Waals surface area contributed by atoms with E-state index in [2.05, 4.69) is 5.32 Å². The fourth-order valence-corrected chi connectivity index (χ4v) is 2.36. The van der Waals surface area contributed by atoms with Crippen molar-refractivity contribution in [2.45, 2.75) is 64.3 Å². The van der Waals surface area contributed by atoms with Gasteiger partial charge in [0, 0.05) is 6.04 Å². The first-order valence-electron chi connectivity index (χ1n) is 6.61. The number of hydrogen-bond donors (Lipinski definition) is 1. The number of nitrogens with one attached hydrogen (secondary N) is 1. The molecule has 1 rings (SSSR count). The molecule has 0 bridgehead atoms. The van der Waals surface area contributed by atoms with E-state index in [-0.39, 0.29) is 13.0 Å². The lowest BCUT2D eigenvalue weighted by molar-refractivity contribution is -0.189. The smallest absolute Gasteiger partial charge is 0.393 e. The van der Waals surface area contributed by atoms with Gasteiger partial charge in [0.15, 0.2) is 0 Å². The van der Waals surface area contributed by atoms with Crippen LogP contribution < -0.4 is 5.32 Å². The molecular formula is C13H22F3NO2. The third-order valence-electron chi connectivity index (χ3n) is 3.12. The molecule has 1 aliphatic rings. The lowest BCUT2D eigenvalue weighted by Gasteiger charge is -2.33. The van der Waals surface area contributed by atoms with E-state index in [0.29, 0.717) is 12.8 Å². The fourth-order valence-electron chi connectivity index (χ4n) is 2.36. The molecule has 0 aromatic heterocycles. The van der Waals surface area contributed by atoms with Gasteiger partial charge in [-0.05, 0) is 33.6 Å². The molecule has 3 nitrogen and oxygen atoms in total. The highest BCUT2D eigenvalue weighted by Gasteiger charge is 2.45. The van der Waals surface area contributed by atoms with Crippen LogP contribution in [0.2, 0.25) is 0 Å². The molecule has 0 spiro atoms. The number of ether oxygens (including phenoxy) is 1. The molecule has 0 saturated heterocycles. The lowest BCUT2D eigenvalue weighted by Crippen LogP contribution is -2.47. The molecular weight excluding hydrogens is 259 g/mol. The van der Waals surface area contributed by atoms with Crippen molar-refractivity contribution >= 4 is 5.97 Å². The van der Waals surface area contributed by atoms with E-state index in [4.69, 9.17) is 4.74 Å². The zero-order valence-electron chi connectivity index (χ0n) is 11.6. The second kappa shape index (κ2) is 6.11. The maximum Gasteiger partial charge on any atom is 0.393 e. The van der Waals surface area contributed by atoms with Gasteiger partial charge in [-0.1, -0.05) is 12.8 Å². The van der Waals surface area contributed by atoms with Crippen LogP contribution in [0.5, 0.6) is 0 Å². The maximum atomic E-state index is 12.8. The summed E-state index contributed by atoms with van der Waals surface area (Å²) in [5.41, 5.74) is -0.616. The number of alkyl halides is 3. The predicted molar refractivity (Wildman–Crippen MR) is 65.6 cm³/mol. The van der Waals surface area contributed by atoms with Crippen LogP contribution in [-0.2, 0) is 9.53 Å². The zero-order valence-corrected chi connectivity index (χ0v) is 11.6. The first-order valence-corrected chi connectivity index (χ1v) is 6.61. The first-order chi connectivity index (χ1) is 8.59. The number of rotatable bonds is 3. The summed E-state index contributed by atoms with van der Waals surface area (Å²) in [6.07, 6.45) is -2.26. The van der Waals surface area contributed by atoms with E-state index in [9.17, 15) is 18.0 Å². The first kappa shape index (κ1) is 16.3. The highest BCUT2D eigenvalue weighted by molar-refractivity contribution is 5.72. The molecule has 0 aromatic carbocycles. The summed E-state index contributed by atoms with van der Waals surface area (Å²) < 4.78 is 43.6. The largest absolute Gasteiger partial charge is 0.459 e. The molecule has 0 aromatic rings. The summed E-state index contributed by atoms with van der Waals surface area (Å²) in [4.78, 5) is 11.5. The van der Waals surface area contributed by atoms with Crippen LogP contribution in [0.3, 0.4) is 0 Å². The Morgan fingerprint density at radius 1 is 1.21 bits per heavy atom. The Balaban J connectivity index is 2.48. The van der Waals surface area contributed by atoms with Crippen LogP contribution in [0.15, 0.2) is 0 Å². The monoisotopic (exact) mass is 281 g/mol.